The maximum atomic E-state index is 8.96. The van der Waals surface area contributed by atoms with E-state index in [9.17, 15) is 0 Å². The second-order valence-corrected chi connectivity index (χ2v) is 2.60. The van der Waals surface area contributed by atoms with E-state index in [1.54, 1.807) is 0 Å². The van der Waals surface area contributed by atoms with Crippen molar-refractivity contribution in [3.8, 4) is 0 Å². The number of hydrogen-bond acceptors (Lipinski definition) is 2. The van der Waals surface area contributed by atoms with Gasteiger partial charge in [0.25, 0.3) is 0 Å². The number of rotatable bonds is 0. The molecule has 46 valence electrons. The summed E-state index contributed by atoms with van der Waals surface area (Å²) < 4.78 is 0. The molecule has 0 aromatic rings. The fourth-order valence-corrected chi connectivity index (χ4v) is 1.14. The summed E-state index contributed by atoms with van der Waals surface area (Å²) in [6.45, 7) is 2.00. The maximum absolute atomic E-state index is 8.96. The lowest BCUT2D eigenvalue weighted by molar-refractivity contribution is 0.240. The number of thiocarbonyl (C=S) groups is 1. The summed E-state index contributed by atoms with van der Waals surface area (Å²) in [6, 6.07) is 0.359. The van der Waals surface area contributed by atoms with E-state index in [0.29, 0.717) is 11.0 Å². The van der Waals surface area contributed by atoms with E-state index in [4.69, 9.17) is 17.3 Å². The second-order valence-electron chi connectivity index (χ2n) is 2.16. The molecule has 0 bridgehead atoms. The van der Waals surface area contributed by atoms with Crippen LogP contribution in [0.25, 0.3) is 0 Å². The second kappa shape index (κ2) is 1.99. The standard InChI is InChI=1S/C5H9NOS/c1-3-2-4(7)5(8)6-3/h3-4,7H,2H2,1H3,(H,6,8)/t3-,4-/m1/s1. The average molecular weight is 131 g/mol. The monoisotopic (exact) mass is 131 g/mol. The highest BCUT2D eigenvalue weighted by Gasteiger charge is 2.22. The lowest BCUT2D eigenvalue weighted by Gasteiger charge is -1.97. The Bertz CT molecular complexity index is 115. The van der Waals surface area contributed by atoms with Crippen LogP contribution in [0.3, 0.4) is 0 Å². The van der Waals surface area contributed by atoms with Gasteiger partial charge in [-0.2, -0.15) is 0 Å². The SMILES string of the molecule is C[C@@H]1C[C@@H](O)C(=S)N1. The molecule has 0 amide bonds. The summed E-state index contributed by atoms with van der Waals surface area (Å²) in [6.07, 6.45) is 0.374. The minimum Gasteiger partial charge on any atom is -0.386 e. The van der Waals surface area contributed by atoms with Gasteiger partial charge in [-0.1, -0.05) is 12.2 Å². The molecule has 0 aromatic carbocycles. The predicted molar refractivity (Wildman–Crippen MR) is 35.8 cm³/mol. The summed E-state index contributed by atoms with van der Waals surface area (Å²) in [5.41, 5.74) is 0. The molecule has 2 N–H and O–H groups in total. The number of aliphatic hydroxyl groups is 1. The van der Waals surface area contributed by atoms with Gasteiger partial charge in [-0.25, -0.2) is 0 Å². The minimum absolute atomic E-state index is 0.359. The first kappa shape index (κ1) is 5.98. The molecule has 0 radical (unpaired) electrons. The summed E-state index contributed by atoms with van der Waals surface area (Å²) in [7, 11) is 0. The quantitative estimate of drug-likeness (QED) is 0.456. The smallest absolute Gasteiger partial charge is 0.106 e. The van der Waals surface area contributed by atoms with Gasteiger partial charge >= 0.3 is 0 Å². The average Bonchev–Trinajstić information content (AvgIpc) is 1.85. The van der Waals surface area contributed by atoms with Gasteiger partial charge in [-0.15, -0.1) is 0 Å². The Hall–Kier alpha value is -0.150. The molecular formula is C5H9NOS. The first-order valence-electron chi connectivity index (χ1n) is 2.68. The fraction of sp³-hybridized carbons (Fsp3) is 0.800. The van der Waals surface area contributed by atoms with E-state index in [0.717, 1.165) is 6.42 Å². The normalized spacial score (nSPS) is 37.5. The molecule has 2 atom stereocenters. The highest BCUT2D eigenvalue weighted by atomic mass is 32.1. The Kier molecular flexibility index (Phi) is 1.49. The van der Waals surface area contributed by atoms with Gasteiger partial charge in [0.1, 0.15) is 11.1 Å². The van der Waals surface area contributed by atoms with Crippen LogP contribution in [0.2, 0.25) is 0 Å². The third kappa shape index (κ3) is 0.980. The summed E-state index contributed by atoms with van der Waals surface area (Å²) in [5.74, 6) is 0. The van der Waals surface area contributed by atoms with Crippen molar-refractivity contribution in [1.82, 2.24) is 5.32 Å². The molecule has 1 aliphatic heterocycles. The lowest BCUT2D eigenvalue weighted by Crippen LogP contribution is -2.23. The van der Waals surface area contributed by atoms with Crippen molar-refractivity contribution in [2.45, 2.75) is 25.5 Å². The third-order valence-corrected chi connectivity index (χ3v) is 1.66. The van der Waals surface area contributed by atoms with Crippen LogP contribution in [0.1, 0.15) is 13.3 Å². The summed E-state index contributed by atoms with van der Waals surface area (Å²) in [4.78, 5) is 0.595. The molecule has 1 saturated heterocycles. The van der Waals surface area contributed by atoms with Crippen molar-refractivity contribution in [2.24, 2.45) is 0 Å². The van der Waals surface area contributed by atoms with Crippen LogP contribution < -0.4 is 5.32 Å². The van der Waals surface area contributed by atoms with E-state index in [-0.39, 0.29) is 6.10 Å². The molecule has 3 heteroatoms. The first-order chi connectivity index (χ1) is 3.70. The van der Waals surface area contributed by atoms with Crippen molar-refractivity contribution >= 4 is 17.2 Å². The van der Waals surface area contributed by atoms with Gasteiger partial charge in [-0.05, 0) is 13.3 Å². The Balaban J connectivity index is 2.51. The van der Waals surface area contributed by atoms with Gasteiger partial charge in [0, 0.05) is 6.04 Å². The molecule has 0 spiro atoms. The van der Waals surface area contributed by atoms with Crippen LogP contribution in [-0.4, -0.2) is 22.2 Å². The van der Waals surface area contributed by atoms with Crippen LogP contribution in [0.5, 0.6) is 0 Å². The molecule has 1 heterocycles. The Labute approximate surface area is 53.9 Å². The van der Waals surface area contributed by atoms with Gasteiger partial charge < -0.3 is 10.4 Å². The molecule has 2 nitrogen and oxygen atoms in total. The molecule has 1 rings (SSSR count). The van der Waals surface area contributed by atoms with Gasteiger partial charge in [-0.3, -0.25) is 0 Å². The number of nitrogens with one attached hydrogen (secondary N) is 1. The lowest BCUT2D eigenvalue weighted by atomic mass is 10.2. The summed E-state index contributed by atoms with van der Waals surface area (Å²) in [5, 5.41) is 11.9. The third-order valence-electron chi connectivity index (χ3n) is 1.27. The first-order valence-corrected chi connectivity index (χ1v) is 3.09. The molecule has 1 fully saturated rings. The zero-order chi connectivity index (χ0) is 6.15. The highest BCUT2D eigenvalue weighted by Crippen LogP contribution is 2.07. The van der Waals surface area contributed by atoms with Gasteiger partial charge in [0.15, 0.2) is 0 Å². The topological polar surface area (TPSA) is 32.3 Å². The zero-order valence-corrected chi connectivity index (χ0v) is 5.53. The van der Waals surface area contributed by atoms with Crippen molar-refractivity contribution in [2.75, 3.05) is 0 Å². The zero-order valence-electron chi connectivity index (χ0n) is 4.72. The van der Waals surface area contributed by atoms with Crippen molar-refractivity contribution in [1.29, 1.82) is 0 Å². The molecule has 0 aromatic heterocycles. The van der Waals surface area contributed by atoms with E-state index in [1.807, 2.05) is 6.92 Å². The van der Waals surface area contributed by atoms with Crippen LogP contribution in [0, 0.1) is 0 Å². The molecule has 8 heavy (non-hydrogen) atoms. The maximum Gasteiger partial charge on any atom is 0.106 e. The van der Waals surface area contributed by atoms with Crippen LogP contribution in [0.15, 0.2) is 0 Å². The van der Waals surface area contributed by atoms with Crippen molar-refractivity contribution in [3.63, 3.8) is 0 Å². The van der Waals surface area contributed by atoms with Crippen LogP contribution >= 0.6 is 12.2 Å². The van der Waals surface area contributed by atoms with Crippen molar-refractivity contribution in [3.05, 3.63) is 0 Å². The summed E-state index contributed by atoms with van der Waals surface area (Å²) >= 11 is 4.76. The predicted octanol–water partition coefficient (Wildman–Crippen LogP) is 0.0565. The Morgan fingerprint density at radius 2 is 2.50 bits per heavy atom. The number of aliphatic hydroxyl groups excluding tert-OH is 1. The molecular weight excluding hydrogens is 122 g/mol. The molecule has 0 unspecified atom stereocenters. The van der Waals surface area contributed by atoms with Gasteiger partial charge in [0.05, 0.1) is 0 Å². The molecule has 1 aliphatic rings. The number of hydrogen-bond donors (Lipinski definition) is 2. The highest BCUT2D eigenvalue weighted by molar-refractivity contribution is 7.80. The Morgan fingerprint density at radius 3 is 2.62 bits per heavy atom. The van der Waals surface area contributed by atoms with E-state index in [2.05, 4.69) is 5.32 Å². The molecule has 0 aliphatic carbocycles. The minimum atomic E-state index is -0.389. The van der Waals surface area contributed by atoms with E-state index < -0.39 is 0 Å². The van der Waals surface area contributed by atoms with E-state index in [1.165, 1.54) is 0 Å². The van der Waals surface area contributed by atoms with Crippen LogP contribution in [0.4, 0.5) is 0 Å². The molecule has 0 saturated carbocycles. The van der Waals surface area contributed by atoms with Gasteiger partial charge in [0.2, 0.25) is 0 Å². The fourth-order valence-electron chi connectivity index (χ4n) is 0.840. The van der Waals surface area contributed by atoms with Crippen molar-refractivity contribution < 1.29 is 5.11 Å². The largest absolute Gasteiger partial charge is 0.386 e. The Morgan fingerprint density at radius 1 is 1.88 bits per heavy atom. The van der Waals surface area contributed by atoms with Crippen LogP contribution in [-0.2, 0) is 0 Å². The van der Waals surface area contributed by atoms with E-state index >= 15 is 0 Å².